The molecular formula is C12H18N2O4. The Bertz CT molecular complexity index is 409. The Kier molecular flexibility index (Phi) is 5.26. The molecule has 0 saturated carbocycles. The van der Waals surface area contributed by atoms with E-state index < -0.39 is 12.0 Å². The molecule has 0 bridgehead atoms. The van der Waals surface area contributed by atoms with Crippen LogP contribution in [0.25, 0.3) is 0 Å². The van der Waals surface area contributed by atoms with Gasteiger partial charge in [-0.25, -0.2) is 0 Å². The molecule has 0 aliphatic rings. The van der Waals surface area contributed by atoms with Crippen LogP contribution in [0.2, 0.25) is 0 Å². The number of anilines is 1. The van der Waals surface area contributed by atoms with Crippen molar-refractivity contribution in [2.24, 2.45) is 5.73 Å². The van der Waals surface area contributed by atoms with Crippen LogP contribution in [-0.4, -0.2) is 37.9 Å². The molecule has 1 unspecified atom stereocenters. The maximum absolute atomic E-state index is 10.6. The number of rotatable bonds is 7. The number of carboxylic acids is 1. The van der Waals surface area contributed by atoms with Gasteiger partial charge in [-0.1, -0.05) is 0 Å². The predicted molar refractivity (Wildman–Crippen MR) is 68.3 cm³/mol. The van der Waals surface area contributed by atoms with E-state index in [4.69, 9.17) is 20.3 Å². The van der Waals surface area contributed by atoms with Crippen LogP contribution in [0.5, 0.6) is 11.5 Å². The fourth-order valence-electron chi connectivity index (χ4n) is 1.44. The largest absolute Gasteiger partial charge is 0.497 e. The number of methoxy groups -OCH3 is 2. The van der Waals surface area contributed by atoms with E-state index in [1.807, 2.05) is 0 Å². The average Bonchev–Trinajstić information content (AvgIpc) is 2.38. The Morgan fingerprint density at radius 1 is 1.44 bits per heavy atom. The lowest BCUT2D eigenvalue weighted by molar-refractivity contribution is -0.138. The lowest BCUT2D eigenvalue weighted by Crippen LogP contribution is -2.32. The van der Waals surface area contributed by atoms with Gasteiger partial charge in [0, 0.05) is 12.6 Å². The van der Waals surface area contributed by atoms with Gasteiger partial charge in [0.05, 0.1) is 19.9 Å². The van der Waals surface area contributed by atoms with Crippen LogP contribution in [-0.2, 0) is 4.79 Å². The van der Waals surface area contributed by atoms with Gasteiger partial charge >= 0.3 is 5.97 Å². The first-order valence-corrected chi connectivity index (χ1v) is 5.52. The van der Waals surface area contributed by atoms with Crippen molar-refractivity contribution in [3.05, 3.63) is 18.2 Å². The van der Waals surface area contributed by atoms with Crippen molar-refractivity contribution in [1.82, 2.24) is 0 Å². The number of nitrogens with two attached hydrogens (primary N) is 1. The Morgan fingerprint density at radius 2 is 2.17 bits per heavy atom. The third kappa shape index (κ3) is 3.81. The van der Waals surface area contributed by atoms with Crippen molar-refractivity contribution in [2.75, 3.05) is 26.1 Å². The van der Waals surface area contributed by atoms with E-state index in [0.717, 1.165) is 5.69 Å². The fraction of sp³-hybridized carbons (Fsp3) is 0.417. The van der Waals surface area contributed by atoms with Crippen LogP contribution in [0.15, 0.2) is 18.2 Å². The van der Waals surface area contributed by atoms with Gasteiger partial charge in [-0.15, -0.1) is 0 Å². The Hall–Kier alpha value is -1.95. The highest BCUT2D eigenvalue weighted by Gasteiger charge is 2.11. The third-order valence-electron chi connectivity index (χ3n) is 2.49. The van der Waals surface area contributed by atoms with E-state index in [2.05, 4.69) is 5.32 Å². The van der Waals surface area contributed by atoms with Crippen LogP contribution >= 0.6 is 0 Å². The molecule has 0 radical (unpaired) electrons. The van der Waals surface area contributed by atoms with E-state index in [1.165, 1.54) is 0 Å². The van der Waals surface area contributed by atoms with Gasteiger partial charge in [-0.3, -0.25) is 4.79 Å². The van der Waals surface area contributed by atoms with E-state index in [9.17, 15) is 4.79 Å². The molecule has 100 valence electrons. The second-order valence-electron chi connectivity index (χ2n) is 3.73. The molecule has 0 aromatic heterocycles. The molecule has 18 heavy (non-hydrogen) atoms. The van der Waals surface area contributed by atoms with Gasteiger partial charge in [-0.2, -0.15) is 0 Å². The molecule has 6 heteroatoms. The van der Waals surface area contributed by atoms with Crippen molar-refractivity contribution >= 4 is 11.7 Å². The van der Waals surface area contributed by atoms with Crippen molar-refractivity contribution in [3.8, 4) is 11.5 Å². The second kappa shape index (κ2) is 6.70. The van der Waals surface area contributed by atoms with E-state index in [-0.39, 0.29) is 0 Å². The molecule has 0 amide bonds. The molecule has 0 fully saturated rings. The third-order valence-corrected chi connectivity index (χ3v) is 2.49. The standard InChI is InChI=1S/C12H18N2O4/c1-17-8-3-4-11(18-2)10(7-8)14-6-5-9(13)12(15)16/h3-4,7,9,14H,5-6,13H2,1-2H3,(H,15,16). The summed E-state index contributed by atoms with van der Waals surface area (Å²) in [4.78, 5) is 10.6. The highest BCUT2D eigenvalue weighted by molar-refractivity contribution is 5.73. The molecule has 0 saturated heterocycles. The molecular weight excluding hydrogens is 236 g/mol. The average molecular weight is 254 g/mol. The lowest BCUT2D eigenvalue weighted by Gasteiger charge is -2.13. The quantitative estimate of drug-likeness (QED) is 0.670. The minimum Gasteiger partial charge on any atom is -0.497 e. The maximum Gasteiger partial charge on any atom is 0.320 e. The first-order valence-electron chi connectivity index (χ1n) is 5.52. The normalized spacial score (nSPS) is 11.7. The molecule has 1 aromatic carbocycles. The van der Waals surface area contributed by atoms with Crippen LogP contribution in [0.4, 0.5) is 5.69 Å². The molecule has 1 rings (SSSR count). The zero-order chi connectivity index (χ0) is 13.5. The summed E-state index contributed by atoms with van der Waals surface area (Å²) in [7, 11) is 3.14. The van der Waals surface area contributed by atoms with Crippen molar-refractivity contribution < 1.29 is 19.4 Å². The van der Waals surface area contributed by atoms with Gasteiger partial charge in [0.2, 0.25) is 0 Å². The molecule has 1 aromatic rings. The Balaban J connectivity index is 2.62. The topological polar surface area (TPSA) is 93.8 Å². The molecule has 1 atom stereocenters. The summed E-state index contributed by atoms with van der Waals surface area (Å²) in [6.07, 6.45) is 0.329. The number of carbonyl (C=O) groups is 1. The smallest absolute Gasteiger partial charge is 0.320 e. The number of hydrogen-bond acceptors (Lipinski definition) is 5. The van der Waals surface area contributed by atoms with Gasteiger partial charge in [0.1, 0.15) is 17.5 Å². The molecule has 0 aliphatic carbocycles. The summed E-state index contributed by atoms with van der Waals surface area (Å²) in [6, 6.07) is 4.48. The number of aliphatic carboxylic acids is 1. The molecule has 4 N–H and O–H groups in total. The zero-order valence-electron chi connectivity index (χ0n) is 10.5. The Morgan fingerprint density at radius 3 is 2.72 bits per heavy atom. The van der Waals surface area contributed by atoms with E-state index in [1.54, 1.807) is 32.4 Å². The van der Waals surface area contributed by atoms with Crippen LogP contribution in [0, 0.1) is 0 Å². The lowest BCUT2D eigenvalue weighted by atomic mass is 10.2. The molecule has 0 spiro atoms. The van der Waals surface area contributed by atoms with Crippen molar-refractivity contribution in [3.63, 3.8) is 0 Å². The minimum absolute atomic E-state index is 0.329. The van der Waals surface area contributed by atoms with E-state index in [0.29, 0.717) is 24.5 Å². The van der Waals surface area contributed by atoms with Gasteiger partial charge in [0.15, 0.2) is 0 Å². The van der Waals surface area contributed by atoms with Crippen LogP contribution < -0.4 is 20.5 Å². The zero-order valence-corrected chi connectivity index (χ0v) is 10.5. The highest BCUT2D eigenvalue weighted by atomic mass is 16.5. The van der Waals surface area contributed by atoms with Gasteiger partial charge < -0.3 is 25.6 Å². The summed E-state index contributed by atoms with van der Waals surface area (Å²) < 4.78 is 10.3. The summed E-state index contributed by atoms with van der Waals surface area (Å²) in [5.74, 6) is 0.356. The van der Waals surface area contributed by atoms with Gasteiger partial charge in [0.25, 0.3) is 0 Å². The molecule has 6 nitrogen and oxygen atoms in total. The summed E-state index contributed by atoms with van der Waals surface area (Å²) >= 11 is 0. The minimum atomic E-state index is -1.01. The van der Waals surface area contributed by atoms with Gasteiger partial charge in [-0.05, 0) is 18.6 Å². The predicted octanol–water partition coefficient (Wildman–Crippen LogP) is 0.918. The number of hydrogen-bond donors (Lipinski definition) is 3. The van der Waals surface area contributed by atoms with E-state index >= 15 is 0 Å². The maximum atomic E-state index is 10.6. The summed E-state index contributed by atoms with van der Waals surface area (Å²) in [6.45, 7) is 0.441. The van der Waals surface area contributed by atoms with Crippen molar-refractivity contribution in [1.29, 1.82) is 0 Å². The number of nitrogens with one attached hydrogen (secondary N) is 1. The highest BCUT2D eigenvalue weighted by Crippen LogP contribution is 2.28. The number of carboxylic acid groups (broad SMARTS) is 1. The van der Waals surface area contributed by atoms with Crippen LogP contribution in [0.3, 0.4) is 0 Å². The molecule has 0 aliphatic heterocycles. The summed E-state index contributed by atoms with van der Waals surface area (Å²) in [5, 5.41) is 11.7. The van der Waals surface area contributed by atoms with Crippen LogP contribution in [0.1, 0.15) is 6.42 Å². The fourth-order valence-corrected chi connectivity index (χ4v) is 1.44. The second-order valence-corrected chi connectivity index (χ2v) is 3.73. The monoisotopic (exact) mass is 254 g/mol. The Labute approximate surface area is 106 Å². The first-order chi connectivity index (χ1) is 8.58. The number of benzene rings is 1. The molecule has 0 heterocycles. The number of ether oxygens (including phenoxy) is 2. The SMILES string of the molecule is COc1ccc(OC)c(NCCC(N)C(=O)O)c1. The van der Waals surface area contributed by atoms with Crippen molar-refractivity contribution in [2.45, 2.75) is 12.5 Å². The summed E-state index contributed by atoms with van der Waals surface area (Å²) in [5.41, 5.74) is 6.16. The first kappa shape index (κ1) is 14.1.